The summed E-state index contributed by atoms with van der Waals surface area (Å²) < 4.78 is 0. The maximum Gasteiger partial charge on any atom is 0.240 e. The topological polar surface area (TPSA) is 89.4 Å². The van der Waals surface area contributed by atoms with Gasteiger partial charge in [-0.2, -0.15) is 0 Å². The average Bonchev–Trinajstić information content (AvgIpc) is 2.72. The van der Waals surface area contributed by atoms with Gasteiger partial charge >= 0.3 is 0 Å². The summed E-state index contributed by atoms with van der Waals surface area (Å²) in [6.45, 7) is 5.81. The van der Waals surface area contributed by atoms with Crippen LogP contribution in [-0.4, -0.2) is 35.8 Å². The standard InChI is InChI=1S/C12H23N3O2/c1-3-12(4-2)5-6-15(8-12)11(17)9(13)7-10(14)16/h9H,3-8,13H2,1-2H3,(H2,14,16). The van der Waals surface area contributed by atoms with Crippen molar-refractivity contribution < 1.29 is 9.59 Å². The van der Waals surface area contributed by atoms with Gasteiger partial charge in [-0.3, -0.25) is 9.59 Å². The number of carbonyl (C=O) groups excluding carboxylic acids is 2. The number of likely N-dealkylation sites (tertiary alicyclic amines) is 1. The summed E-state index contributed by atoms with van der Waals surface area (Å²) in [6.07, 6.45) is 3.09. The van der Waals surface area contributed by atoms with Gasteiger partial charge in [-0.15, -0.1) is 0 Å². The fourth-order valence-corrected chi connectivity index (χ4v) is 2.49. The van der Waals surface area contributed by atoms with Crippen LogP contribution in [0, 0.1) is 5.41 Å². The van der Waals surface area contributed by atoms with Crippen LogP contribution >= 0.6 is 0 Å². The van der Waals surface area contributed by atoms with E-state index in [2.05, 4.69) is 13.8 Å². The molecule has 5 heteroatoms. The molecule has 0 saturated carbocycles. The first-order chi connectivity index (χ1) is 7.94. The van der Waals surface area contributed by atoms with Gasteiger partial charge in [0.15, 0.2) is 0 Å². The van der Waals surface area contributed by atoms with E-state index < -0.39 is 11.9 Å². The molecule has 17 heavy (non-hydrogen) atoms. The maximum atomic E-state index is 12.0. The summed E-state index contributed by atoms with van der Waals surface area (Å²) in [4.78, 5) is 24.5. The van der Waals surface area contributed by atoms with E-state index in [4.69, 9.17) is 11.5 Å². The molecular weight excluding hydrogens is 218 g/mol. The van der Waals surface area contributed by atoms with Crippen molar-refractivity contribution >= 4 is 11.8 Å². The molecule has 1 atom stereocenters. The minimum Gasteiger partial charge on any atom is -0.370 e. The van der Waals surface area contributed by atoms with Crippen LogP contribution in [0.15, 0.2) is 0 Å². The smallest absolute Gasteiger partial charge is 0.240 e. The van der Waals surface area contributed by atoms with E-state index >= 15 is 0 Å². The zero-order valence-electron chi connectivity index (χ0n) is 10.7. The molecule has 5 nitrogen and oxygen atoms in total. The molecule has 1 heterocycles. The number of rotatable bonds is 5. The summed E-state index contributed by atoms with van der Waals surface area (Å²) in [6, 6.07) is -0.781. The van der Waals surface area contributed by atoms with Gasteiger partial charge in [-0.1, -0.05) is 13.8 Å². The highest BCUT2D eigenvalue weighted by molar-refractivity contribution is 5.87. The Morgan fingerprint density at radius 1 is 1.35 bits per heavy atom. The summed E-state index contributed by atoms with van der Waals surface area (Å²) in [5, 5.41) is 0. The minimum atomic E-state index is -0.781. The summed E-state index contributed by atoms with van der Waals surface area (Å²) in [5.41, 5.74) is 11.0. The Hall–Kier alpha value is -1.10. The number of hydrogen-bond acceptors (Lipinski definition) is 3. The molecule has 2 amide bonds. The van der Waals surface area contributed by atoms with E-state index in [0.29, 0.717) is 0 Å². The highest BCUT2D eigenvalue weighted by Gasteiger charge is 2.38. The lowest BCUT2D eigenvalue weighted by molar-refractivity contribution is -0.134. The normalized spacial score (nSPS) is 20.3. The molecule has 1 fully saturated rings. The van der Waals surface area contributed by atoms with Crippen molar-refractivity contribution in [1.82, 2.24) is 4.90 Å². The summed E-state index contributed by atoms with van der Waals surface area (Å²) in [5.74, 6) is -0.671. The Morgan fingerprint density at radius 2 is 1.94 bits per heavy atom. The van der Waals surface area contributed by atoms with E-state index in [-0.39, 0.29) is 17.7 Å². The first kappa shape index (κ1) is 14.0. The van der Waals surface area contributed by atoms with Crippen LogP contribution in [0.25, 0.3) is 0 Å². The van der Waals surface area contributed by atoms with Crippen molar-refractivity contribution in [2.45, 2.75) is 45.6 Å². The predicted molar refractivity (Wildman–Crippen MR) is 66.0 cm³/mol. The van der Waals surface area contributed by atoms with Crippen molar-refractivity contribution in [3.8, 4) is 0 Å². The number of hydrogen-bond donors (Lipinski definition) is 2. The molecule has 1 aliphatic heterocycles. The van der Waals surface area contributed by atoms with Crippen molar-refractivity contribution in [3.05, 3.63) is 0 Å². The van der Waals surface area contributed by atoms with Gasteiger partial charge in [0.05, 0.1) is 12.5 Å². The van der Waals surface area contributed by atoms with Crippen LogP contribution in [0.3, 0.4) is 0 Å². The SMILES string of the molecule is CCC1(CC)CCN(C(=O)C(N)CC(N)=O)C1. The number of primary amides is 1. The Balaban J connectivity index is 2.58. The van der Waals surface area contributed by atoms with Gasteiger partial charge in [0.1, 0.15) is 0 Å². The number of carbonyl (C=O) groups is 2. The molecule has 0 spiro atoms. The molecule has 0 bridgehead atoms. The Morgan fingerprint density at radius 3 is 2.35 bits per heavy atom. The fourth-order valence-electron chi connectivity index (χ4n) is 2.49. The highest BCUT2D eigenvalue weighted by atomic mass is 16.2. The predicted octanol–water partition coefficient (Wildman–Crippen LogP) is 0.228. The van der Waals surface area contributed by atoms with Crippen LogP contribution in [0.1, 0.15) is 39.5 Å². The first-order valence-electron chi connectivity index (χ1n) is 6.27. The summed E-state index contributed by atoms with van der Waals surface area (Å²) >= 11 is 0. The molecule has 98 valence electrons. The second kappa shape index (κ2) is 5.49. The third-order valence-corrected chi connectivity index (χ3v) is 3.99. The van der Waals surface area contributed by atoms with Crippen LogP contribution < -0.4 is 11.5 Å². The quantitative estimate of drug-likeness (QED) is 0.722. The zero-order chi connectivity index (χ0) is 13.1. The molecule has 1 aliphatic rings. The third kappa shape index (κ3) is 3.19. The Kier molecular flexibility index (Phi) is 4.51. The van der Waals surface area contributed by atoms with Gasteiger partial charge in [0.2, 0.25) is 11.8 Å². The monoisotopic (exact) mass is 241 g/mol. The number of nitrogens with two attached hydrogens (primary N) is 2. The molecule has 0 aromatic carbocycles. The molecule has 0 aliphatic carbocycles. The van der Waals surface area contributed by atoms with Gasteiger partial charge in [-0.25, -0.2) is 0 Å². The molecule has 0 radical (unpaired) electrons. The van der Waals surface area contributed by atoms with Crippen LogP contribution in [0.4, 0.5) is 0 Å². The Bertz CT molecular complexity index is 300. The number of amides is 2. The average molecular weight is 241 g/mol. The van der Waals surface area contributed by atoms with Crippen LogP contribution in [0.2, 0.25) is 0 Å². The second-order valence-electron chi connectivity index (χ2n) is 4.99. The first-order valence-corrected chi connectivity index (χ1v) is 6.27. The van der Waals surface area contributed by atoms with E-state index in [1.165, 1.54) is 0 Å². The lowest BCUT2D eigenvalue weighted by Crippen LogP contribution is -2.45. The van der Waals surface area contributed by atoms with Crippen molar-refractivity contribution in [3.63, 3.8) is 0 Å². The maximum absolute atomic E-state index is 12.0. The zero-order valence-corrected chi connectivity index (χ0v) is 10.7. The lowest BCUT2D eigenvalue weighted by atomic mass is 9.82. The largest absolute Gasteiger partial charge is 0.370 e. The van der Waals surface area contributed by atoms with Crippen LogP contribution in [-0.2, 0) is 9.59 Å². The van der Waals surface area contributed by atoms with Gasteiger partial charge in [0.25, 0.3) is 0 Å². The van der Waals surface area contributed by atoms with Gasteiger partial charge < -0.3 is 16.4 Å². The van der Waals surface area contributed by atoms with Crippen molar-refractivity contribution in [2.75, 3.05) is 13.1 Å². The minimum absolute atomic E-state index is 0.0689. The third-order valence-electron chi connectivity index (χ3n) is 3.99. The molecule has 4 N–H and O–H groups in total. The molecule has 1 rings (SSSR count). The van der Waals surface area contributed by atoms with Gasteiger partial charge in [0, 0.05) is 13.1 Å². The Labute approximate surface area is 103 Å². The molecular formula is C12H23N3O2. The van der Waals surface area contributed by atoms with Crippen molar-refractivity contribution in [1.29, 1.82) is 0 Å². The molecule has 1 saturated heterocycles. The molecule has 0 aromatic rings. The van der Waals surface area contributed by atoms with E-state index in [1.54, 1.807) is 4.90 Å². The number of nitrogens with zero attached hydrogens (tertiary/aromatic N) is 1. The second-order valence-corrected chi connectivity index (χ2v) is 4.99. The summed E-state index contributed by atoms with van der Waals surface area (Å²) in [7, 11) is 0. The van der Waals surface area contributed by atoms with Crippen molar-refractivity contribution in [2.24, 2.45) is 16.9 Å². The molecule has 0 aromatic heterocycles. The van der Waals surface area contributed by atoms with E-state index in [1.807, 2.05) is 0 Å². The van der Waals surface area contributed by atoms with Crippen LogP contribution in [0.5, 0.6) is 0 Å². The lowest BCUT2D eigenvalue weighted by Gasteiger charge is -2.27. The van der Waals surface area contributed by atoms with E-state index in [9.17, 15) is 9.59 Å². The molecule has 1 unspecified atom stereocenters. The fraction of sp³-hybridized carbons (Fsp3) is 0.833. The van der Waals surface area contributed by atoms with Gasteiger partial charge in [-0.05, 0) is 24.7 Å². The van der Waals surface area contributed by atoms with E-state index in [0.717, 1.165) is 32.4 Å². The highest BCUT2D eigenvalue weighted by Crippen LogP contribution is 2.37.